The van der Waals surface area contributed by atoms with Gasteiger partial charge < -0.3 is 5.11 Å². The van der Waals surface area contributed by atoms with E-state index in [0.29, 0.717) is 26.1 Å². The van der Waals surface area contributed by atoms with Gasteiger partial charge in [0.15, 0.2) is 0 Å². The first-order valence-corrected chi connectivity index (χ1v) is 5.90. The van der Waals surface area contributed by atoms with E-state index in [0.717, 1.165) is 6.54 Å². The van der Waals surface area contributed by atoms with Crippen LogP contribution in [0.1, 0.15) is 20.3 Å². The van der Waals surface area contributed by atoms with Gasteiger partial charge in [0.25, 0.3) is 0 Å². The lowest BCUT2D eigenvalue weighted by Crippen LogP contribution is -2.60. The first-order chi connectivity index (χ1) is 7.74. The second-order valence-corrected chi connectivity index (χ2v) is 5.20. The van der Waals surface area contributed by atoms with Gasteiger partial charge in [-0.3, -0.25) is 9.80 Å². The molecule has 6 heteroatoms. The van der Waals surface area contributed by atoms with Gasteiger partial charge in [0.2, 0.25) is 0 Å². The Morgan fingerprint density at radius 3 is 2.35 bits per heavy atom. The standard InChI is InChI=1S/C11H21F3N2O/c1-10(2)8-15(9-11(12,13)14)5-6-16(10)4-3-7-17/h17H,3-9H2,1-2H3. The summed E-state index contributed by atoms with van der Waals surface area (Å²) in [5.41, 5.74) is -0.265. The van der Waals surface area contributed by atoms with E-state index in [-0.39, 0.29) is 12.1 Å². The van der Waals surface area contributed by atoms with Crippen molar-refractivity contribution in [3.63, 3.8) is 0 Å². The molecule has 1 N–H and O–H groups in total. The van der Waals surface area contributed by atoms with E-state index >= 15 is 0 Å². The average molecular weight is 254 g/mol. The first kappa shape index (κ1) is 14.7. The zero-order valence-electron chi connectivity index (χ0n) is 10.4. The number of nitrogens with zero attached hydrogens (tertiary/aromatic N) is 2. The predicted molar refractivity (Wildman–Crippen MR) is 59.8 cm³/mol. The Hall–Kier alpha value is -0.330. The Balaban J connectivity index is 2.50. The fraction of sp³-hybridized carbons (Fsp3) is 1.00. The molecule has 1 heterocycles. The number of aliphatic hydroxyl groups excluding tert-OH is 1. The van der Waals surface area contributed by atoms with Gasteiger partial charge in [-0.15, -0.1) is 0 Å². The van der Waals surface area contributed by atoms with E-state index in [9.17, 15) is 13.2 Å². The molecule has 1 fully saturated rings. The fourth-order valence-electron chi connectivity index (χ4n) is 2.36. The monoisotopic (exact) mass is 254 g/mol. The summed E-state index contributed by atoms with van der Waals surface area (Å²) in [4.78, 5) is 3.60. The minimum absolute atomic E-state index is 0.124. The van der Waals surface area contributed by atoms with Crippen LogP contribution in [0.15, 0.2) is 0 Å². The van der Waals surface area contributed by atoms with Crippen molar-refractivity contribution in [1.82, 2.24) is 9.80 Å². The third-order valence-corrected chi connectivity index (χ3v) is 3.14. The van der Waals surface area contributed by atoms with E-state index < -0.39 is 12.7 Å². The maximum Gasteiger partial charge on any atom is 0.401 e. The third kappa shape index (κ3) is 4.81. The minimum Gasteiger partial charge on any atom is -0.396 e. The van der Waals surface area contributed by atoms with Crippen molar-refractivity contribution in [2.24, 2.45) is 0 Å². The largest absolute Gasteiger partial charge is 0.401 e. The lowest BCUT2D eigenvalue weighted by Gasteiger charge is -2.47. The van der Waals surface area contributed by atoms with Crippen molar-refractivity contribution in [3.05, 3.63) is 0 Å². The van der Waals surface area contributed by atoms with Crippen LogP contribution >= 0.6 is 0 Å². The Morgan fingerprint density at radius 2 is 1.88 bits per heavy atom. The highest BCUT2D eigenvalue weighted by Gasteiger charge is 2.38. The molecule has 0 atom stereocenters. The van der Waals surface area contributed by atoms with Crippen molar-refractivity contribution in [2.75, 3.05) is 39.3 Å². The first-order valence-electron chi connectivity index (χ1n) is 5.90. The lowest BCUT2D eigenvalue weighted by atomic mass is 9.98. The van der Waals surface area contributed by atoms with Gasteiger partial charge in [-0.25, -0.2) is 0 Å². The van der Waals surface area contributed by atoms with E-state index in [2.05, 4.69) is 4.90 Å². The van der Waals surface area contributed by atoms with Crippen LogP contribution in [0.4, 0.5) is 13.2 Å². The van der Waals surface area contributed by atoms with Gasteiger partial charge in [-0.1, -0.05) is 0 Å². The van der Waals surface area contributed by atoms with Gasteiger partial charge in [0, 0.05) is 38.3 Å². The highest BCUT2D eigenvalue weighted by Crippen LogP contribution is 2.24. The summed E-state index contributed by atoms with van der Waals surface area (Å²) in [5, 5.41) is 8.79. The molecule has 0 aromatic heterocycles. The number of halogens is 3. The third-order valence-electron chi connectivity index (χ3n) is 3.14. The Kier molecular flexibility index (Phi) is 4.80. The number of alkyl halides is 3. The topological polar surface area (TPSA) is 26.7 Å². The highest BCUT2D eigenvalue weighted by atomic mass is 19.4. The van der Waals surface area contributed by atoms with E-state index in [1.165, 1.54) is 4.90 Å². The quantitative estimate of drug-likeness (QED) is 0.820. The fourth-order valence-corrected chi connectivity index (χ4v) is 2.36. The molecular formula is C11H21F3N2O. The van der Waals surface area contributed by atoms with Crippen LogP contribution in [0.25, 0.3) is 0 Å². The van der Waals surface area contributed by atoms with Crippen molar-refractivity contribution < 1.29 is 18.3 Å². The maximum absolute atomic E-state index is 12.3. The minimum atomic E-state index is -4.12. The maximum atomic E-state index is 12.3. The summed E-state index contributed by atoms with van der Waals surface area (Å²) in [7, 11) is 0. The van der Waals surface area contributed by atoms with Gasteiger partial charge in [-0.05, 0) is 20.3 Å². The predicted octanol–water partition coefficient (Wildman–Crippen LogP) is 1.33. The summed E-state index contributed by atoms with van der Waals surface area (Å²) in [5.74, 6) is 0. The average Bonchev–Trinajstić information content (AvgIpc) is 2.12. The summed E-state index contributed by atoms with van der Waals surface area (Å²) < 4.78 is 36.9. The van der Waals surface area contributed by atoms with Crippen molar-refractivity contribution >= 4 is 0 Å². The van der Waals surface area contributed by atoms with Crippen molar-refractivity contribution in [2.45, 2.75) is 32.0 Å². The Morgan fingerprint density at radius 1 is 1.24 bits per heavy atom. The summed E-state index contributed by atoms with van der Waals surface area (Å²) in [6.07, 6.45) is -3.45. The molecule has 0 bridgehead atoms. The number of hydrogen-bond donors (Lipinski definition) is 1. The second kappa shape index (κ2) is 5.54. The SMILES string of the molecule is CC1(C)CN(CC(F)(F)F)CCN1CCCO. The van der Waals surface area contributed by atoms with Crippen LogP contribution < -0.4 is 0 Å². The smallest absolute Gasteiger partial charge is 0.396 e. The van der Waals surface area contributed by atoms with Crippen LogP contribution in [0.3, 0.4) is 0 Å². The zero-order valence-corrected chi connectivity index (χ0v) is 10.4. The molecular weight excluding hydrogens is 233 g/mol. The highest BCUT2D eigenvalue weighted by molar-refractivity contribution is 4.90. The van der Waals surface area contributed by atoms with Crippen LogP contribution in [-0.2, 0) is 0 Å². The van der Waals surface area contributed by atoms with Crippen LogP contribution in [0.2, 0.25) is 0 Å². The molecule has 0 aromatic carbocycles. The molecule has 0 unspecified atom stereocenters. The Labute approximate surface area is 100 Å². The van der Waals surface area contributed by atoms with E-state index in [1.807, 2.05) is 13.8 Å². The van der Waals surface area contributed by atoms with Crippen LogP contribution in [0, 0.1) is 0 Å². The molecule has 0 radical (unpaired) electrons. The summed E-state index contributed by atoms with van der Waals surface area (Å²) in [6, 6.07) is 0. The van der Waals surface area contributed by atoms with Crippen LogP contribution in [-0.4, -0.2) is 66.0 Å². The number of aliphatic hydroxyl groups is 1. The van der Waals surface area contributed by atoms with Gasteiger partial charge in [0.05, 0.1) is 6.54 Å². The number of rotatable bonds is 4. The molecule has 1 aliphatic heterocycles. The summed E-state index contributed by atoms with van der Waals surface area (Å²) in [6.45, 7) is 5.42. The molecule has 0 amide bonds. The van der Waals surface area contributed by atoms with Gasteiger partial charge >= 0.3 is 6.18 Å². The molecule has 0 aliphatic carbocycles. The Bertz CT molecular complexity index is 243. The molecule has 0 aromatic rings. The molecule has 17 heavy (non-hydrogen) atoms. The summed E-state index contributed by atoms with van der Waals surface area (Å²) >= 11 is 0. The lowest BCUT2D eigenvalue weighted by molar-refractivity contribution is -0.155. The zero-order chi connectivity index (χ0) is 13.1. The van der Waals surface area contributed by atoms with E-state index in [1.54, 1.807) is 0 Å². The van der Waals surface area contributed by atoms with Crippen molar-refractivity contribution in [1.29, 1.82) is 0 Å². The van der Waals surface area contributed by atoms with Crippen LogP contribution in [0.5, 0.6) is 0 Å². The molecule has 1 aliphatic rings. The second-order valence-electron chi connectivity index (χ2n) is 5.20. The van der Waals surface area contributed by atoms with E-state index in [4.69, 9.17) is 5.11 Å². The molecule has 1 saturated heterocycles. The molecule has 1 rings (SSSR count). The molecule has 0 saturated carbocycles. The molecule has 0 spiro atoms. The van der Waals surface area contributed by atoms with Crippen molar-refractivity contribution in [3.8, 4) is 0 Å². The van der Waals surface area contributed by atoms with Gasteiger partial charge in [0.1, 0.15) is 0 Å². The number of piperazine rings is 1. The number of hydrogen-bond acceptors (Lipinski definition) is 3. The molecule has 3 nitrogen and oxygen atoms in total. The normalized spacial score (nSPS) is 22.9. The molecule has 102 valence electrons. The van der Waals surface area contributed by atoms with Gasteiger partial charge in [-0.2, -0.15) is 13.2 Å².